The van der Waals surface area contributed by atoms with Gasteiger partial charge in [-0.1, -0.05) is 34.0 Å². The van der Waals surface area contributed by atoms with E-state index in [9.17, 15) is 28.5 Å². The van der Waals surface area contributed by atoms with E-state index in [1.807, 2.05) is 36.9 Å². The van der Waals surface area contributed by atoms with Crippen molar-refractivity contribution in [3.05, 3.63) is 190 Å². The van der Waals surface area contributed by atoms with Crippen molar-refractivity contribution >= 4 is 101 Å². The fourth-order valence-corrected chi connectivity index (χ4v) is 12.5. The third-order valence-electron chi connectivity index (χ3n) is 11.7. The number of anilines is 6. The van der Waals surface area contributed by atoms with Crippen molar-refractivity contribution in [3.63, 3.8) is 0 Å². The second-order valence-electron chi connectivity index (χ2n) is 18.7. The number of hydrogen-bond donors (Lipinski definition) is 6. The molecule has 0 saturated heterocycles. The SMILES string of the molecule is Cc1csc(C(C)(O)c2nnc(Nc3ccn(Cc4ncccc4F)n3)s2)n1.Cc1csc([C@@](C)(O)c2nnc(Nc3ccn(Cc4ncccc4F)n3)s2)n1.Cc1csc([C@](C)(O)c2nnc(Nc3ccn(Cc4ncccc4F)n3)s2)n1. The van der Waals surface area contributed by atoms with Crippen molar-refractivity contribution in [3.8, 4) is 0 Å². The van der Waals surface area contributed by atoms with E-state index in [-0.39, 0.29) is 37.1 Å². The van der Waals surface area contributed by atoms with Gasteiger partial charge in [-0.2, -0.15) is 15.3 Å². The molecular formula is C51H48F3N21O3S6. The number of rotatable bonds is 18. The van der Waals surface area contributed by atoms with E-state index in [1.165, 1.54) is 86.2 Å². The maximum atomic E-state index is 13.7. The predicted octanol–water partition coefficient (Wildman–Crippen LogP) is 9.24. The summed E-state index contributed by atoms with van der Waals surface area (Å²) in [6.45, 7) is 11.2. The summed E-state index contributed by atoms with van der Waals surface area (Å²) in [5.41, 5.74) is -0.472. The van der Waals surface area contributed by atoms with Gasteiger partial charge >= 0.3 is 0 Å². The standard InChI is InChI=1S/3C17H16FN7OS2/c3*1-10-9-27-14(20-10)17(2,26)15-22-23-16(28-15)21-13-5-7-25(24-13)8-12-11(18)4-3-6-19-12/h3*3-7,9,26H,8H2,1-2H3,(H,21,23,24)/t2*17-;/m10./s1. The van der Waals surface area contributed by atoms with Crippen LogP contribution >= 0.6 is 68.0 Å². The van der Waals surface area contributed by atoms with E-state index < -0.39 is 16.8 Å². The highest BCUT2D eigenvalue weighted by molar-refractivity contribution is 7.16. The Bertz CT molecular complexity index is 3730. The maximum Gasteiger partial charge on any atom is 0.211 e. The molecule has 6 N–H and O–H groups in total. The second kappa shape index (κ2) is 25.3. The fourth-order valence-electron chi connectivity index (χ4n) is 7.36. The minimum Gasteiger partial charge on any atom is -0.376 e. The number of pyridine rings is 3. The molecule has 0 radical (unpaired) electrons. The summed E-state index contributed by atoms with van der Waals surface area (Å²) in [6.07, 6.45) is 9.77. The van der Waals surface area contributed by atoms with Gasteiger partial charge in [0.15, 0.2) is 49.3 Å². The van der Waals surface area contributed by atoms with Crippen LogP contribution < -0.4 is 16.0 Å². The molecule has 84 heavy (non-hydrogen) atoms. The molecule has 0 aliphatic carbocycles. The van der Waals surface area contributed by atoms with Gasteiger partial charge in [0, 0.05) is 88.6 Å². The molecule has 0 bridgehead atoms. The normalized spacial score (nSPS) is 13.4. The van der Waals surface area contributed by atoms with Crippen molar-refractivity contribution in [2.24, 2.45) is 0 Å². The lowest BCUT2D eigenvalue weighted by Crippen LogP contribution is -2.22. The van der Waals surface area contributed by atoms with Crippen molar-refractivity contribution in [1.82, 2.24) is 89.8 Å². The zero-order chi connectivity index (χ0) is 59.2. The Kier molecular flexibility index (Phi) is 17.7. The molecule has 3 atom stereocenters. The highest BCUT2D eigenvalue weighted by atomic mass is 32.1. The van der Waals surface area contributed by atoms with Gasteiger partial charge in [0.05, 0.1) is 36.7 Å². The second-order valence-corrected chi connectivity index (χ2v) is 24.2. The Hall–Kier alpha value is -8.28. The first kappa shape index (κ1) is 58.9. The Morgan fingerprint density at radius 2 is 0.714 bits per heavy atom. The van der Waals surface area contributed by atoms with Gasteiger partial charge in [-0.05, 0) is 77.9 Å². The van der Waals surface area contributed by atoms with Gasteiger partial charge in [-0.25, -0.2) is 28.1 Å². The molecule has 0 amide bonds. The molecule has 432 valence electrons. The van der Waals surface area contributed by atoms with E-state index in [2.05, 4.69) is 91.7 Å². The summed E-state index contributed by atoms with van der Waals surface area (Å²) in [5, 5.41) is 89.1. The predicted molar refractivity (Wildman–Crippen MR) is 313 cm³/mol. The molecule has 33 heteroatoms. The molecule has 24 nitrogen and oxygen atoms in total. The Labute approximate surface area is 499 Å². The summed E-state index contributed by atoms with van der Waals surface area (Å²) < 4.78 is 45.9. The molecule has 1 unspecified atom stereocenters. The van der Waals surface area contributed by atoms with Gasteiger partial charge in [0.2, 0.25) is 15.4 Å². The van der Waals surface area contributed by atoms with E-state index in [0.29, 0.717) is 80.0 Å². The Morgan fingerprint density at radius 1 is 0.429 bits per heavy atom. The first-order valence-corrected chi connectivity index (χ1v) is 30.0. The summed E-state index contributed by atoms with van der Waals surface area (Å²) in [6, 6.07) is 14.0. The molecule has 0 aliphatic heterocycles. The van der Waals surface area contributed by atoms with Crippen LogP contribution in [0.5, 0.6) is 0 Å². The number of thiazole rings is 3. The Balaban J connectivity index is 0.000000140. The molecule has 0 saturated carbocycles. The first-order chi connectivity index (χ1) is 40.2. The number of nitrogens with one attached hydrogen (secondary N) is 3. The highest BCUT2D eigenvalue weighted by Crippen LogP contribution is 2.38. The third kappa shape index (κ3) is 14.2. The number of hydrogen-bond acceptors (Lipinski definition) is 27. The quantitative estimate of drug-likeness (QED) is 0.0466. The number of halogens is 3. The lowest BCUT2D eigenvalue weighted by molar-refractivity contribution is 0.100. The van der Waals surface area contributed by atoms with Crippen LogP contribution in [-0.2, 0) is 36.4 Å². The molecular weight excluding hydrogens is 1200 g/mol. The summed E-state index contributed by atoms with van der Waals surface area (Å²) in [7, 11) is 0. The van der Waals surface area contributed by atoms with Crippen LogP contribution in [0.4, 0.5) is 46.0 Å². The molecule has 0 aromatic carbocycles. The smallest absolute Gasteiger partial charge is 0.211 e. The third-order valence-corrected chi connectivity index (χ3v) is 18.4. The highest BCUT2D eigenvalue weighted by Gasteiger charge is 2.36. The van der Waals surface area contributed by atoms with Crippen LogP contribution in [0.25, 0.3) is 0 Å². The molecule has 12 aromatic rings. The van der Waals surface area contributed by atoms with Crippen LogP contribution in [0.15, 0.2) is 108 Å². The fraction of sp³-hybridized carbons (Fsp3) is 0.235. The van der Waals surface area contributed by atoms with Crippen LogP contribution in [0.3, 0.4) is 0 Å². The van der Waals surface area contributed by atoms with Crippen LogP contribution in [0.1, 0.15) is 85.0 Å². The molecule has 12 aromatic heterocycles. The minimum absolute atomic E-state index is 0.216. The van der Waals surface area contributed by atoms with Crippen LogP contribution in [0.2, 0.25) is 0 Å². The topological polar surface area (TPSA) is 305 Å². The average Bonchev–Trinajstić information content (AvgIpc) is 3.85. The first-order valence-electron chi connectivity index (χ1n) is 24.9. The van der Waals surface area contributed by atoms with E-state index in [4.69, 9.17) is 0 Å². The monoisotopic (exact) mass is 1250 g/mol. The van der Waals surface area contributed by atoms with Crippen molar-refractivity contribution in [2.75, 3.05) is 16.0 Å². The van der Waals surface area contributed by atoms with Gasteiger partial charge in [-0.15, -0.1) is 64.6 Å². The van der Waals surface area contributed by atoms with Gasteiger partial charge in [0.25, 0.3) is 0 Å². The number of aliphatic hydroxyl groups is 3. The van der Waals surface area contributed by atoms with Crippen molar-refractivity contribution in [2.45, 2.75) is 78.0 Å². The zero-order valence-electron chi connectivity index (χ0n) is 45.0. The minimum atomic E-state index is -1.31. The number of aromatic nitrogens is 18. The molecule has 12 heterocycles. The largest absolute Gasteiger partial charge is 0.376 e. The molecule has 0 spiro atoms. The summed E-state index contributed by atoms with van der Waals surface area (Å²) in [4.78, 5) is 25.1. The van der Waals surface area contributed by atoms with Gasteiger partial charge in [-0.3, -0.25) is 29.0 Å². The Morgan fingerprint density at radius 3 is 0.964 bits per heavy atom. The van der Waals surface area contributed by atoms with Crippen molar-refractivity contribution < 1.29 is 28.5 Å². The summed E-state index contributed by atoms with van der Waals surface area (Å²) >= 11 is 7.77. The lowest BCUT2D eigenvalue weighted by Gasteiger charge is -2.16. The lowest BCUT2D eigenvalue weighted by atomic mass is 10.1. The molecule has 12 rings (SSSR count). The van der Waals surface area contributed by atoms with E-state index in [0.717, 1.165) is 17.1 Å². The number of nitrogens with zero attached hydrogens (tertiary/aromatic N) is 18. The summed E-state index contributed by atoms with van der Waals surface area (Å²) in [5.74, 6) is 0.471. The van der Waals surface area contributed by atoms with Crippen molar-refractivity contribution in [1.29, 1.82) is 0 Å². The molecule has 0 aliphatic rings. The number of aryl methyl sites for hydroxylation is 3. The van der Waals surface area contributed by atoms with Crippen LogP contribution in [-0.4, -0.2) is 105 Å². The van der Waals surface area contributed by atoms with E-state index >= 15 is 0 Å². The average molecular weight is 1250 g/mol. The van der Waals surface area contributed by atoms with E-state index in [1.54, 1.807) is 108 Å². The zero-order valence-corrected chi connectivity index (χ0v) is 49.9. The van der Waals surface area contributed by atoms with Gasteiger partial charge < -0.3 is 31.3 Å². The molecule has 0 fully saturated rings. The maximum absolute atomic E-state index is 13.7. The van der Waals surface area contributed by atoms with Crippen LogP contribution in [0, 0.1) is 38.2 Å². The van der Waals surface area contributed by atoms with Gasteiger partial charge in [0.1, 0.15) is 32.5 Å².